The fourth-order valence-electron chi connectivity index (χ4n) is 3.04. The number of carbonyl (C=O) groups excluding carboxylic acids is 1. The Kier molecular flexibility index (Phi) is 5.92. The molecule has 1 nitrogen and oxygen atoms in total. The van der Waals surface area contributed by atoms with Crippen LogP contribution in [-0.4, -0.2) is 6.29 Å². The van der Waals surface area contributed by atoms with Crippen LogP contribution < -0.4 is 0 Å². The second kappa shape index (κ2) is 7.73. The van der Waals surface area contributed by atoms with E-state index in [0.29, 0.717) is 6.42 Å². The number of hydrogen-bond donors (Lipinski definition) is 0. The van der Waals surface area contributed by atoms with Gasteiger partial charge in [-0.25, -0.2) is 0 Å². The Bertz CT molecular complexity index is 338. The molecule has 0 spiro atoms. The molecule has 0 atom stereocenters. The molecule has 1 aromatic rings. The topological polar surface area (TPSA) is 17.1 Å². The van der Waals surface area contributed by atoms with E-state index in [1.165, 1.54) is 68.2 Å². The van der Waals surface area contributed by atoms with E-state index < -0.39 is 0 Å². The summed E-state index contributed by atoms with van der Waals surface area (Å²) in [5, 5.41) is 2.12. The van der Waals surface area contributed by atoms with Crippen LogP contribution in [0.5, 0.6) is 0 Å². The molecule has 0 aromatic carbocycles. The number of rotatable bonds is 3. The normalized spacial score (nSPS) is 19.6. The van der Waals surface area contributed by atoms with Crippen LogP contribution in [0.4, 0.5) is 0 Å². The highest BCUT2D eigenvalue weighted by molar-refractivity contribution is 7.10. The van der Waals surface area contributed by atoms with Crippen LogP contribution in [0.3, 0.4) is 0 Å². The zero-order chi connectivity index (χ0) is 12.6. The summed E-state index contributed by atoms with van der Waals surface area (Å²) < 4.78 is 0. The van der Waals surface area contributed by atoms with E-state index in [1.54, 1.807) is 0 Å². The van der Waals surface area contributed by atoms with E-state index in [4.69, 9.17) is 0 Å². The first-order valence-corrected chi connectivity index (χ1v) is 8.29. The fraction of sp³-hybridized carbons (Fsp3) is 0.688. The maximum atomic E-state index is 10.4. The summed E-state index contributed by atoms with van der Waals surface area (Å²) in [4.78, 5) is 11.9. The van der Waals surface area contributed by atoms with Gasteiger partial charge in [0.15, 0.2) is 0 Å². The smallest absolute Gasteiger partial charge is 0.124 e. The summed E-state index contributed by atoms with van der Waals surface area (Å²) >= 11 is 1.83. The quantitative estimate of drug-likeness (QED) is 0.694. The van der Waals surface area contributed by atoms with Crippen LogP contribution in [0.15, 0.2) is 11.4 Å². The van der Waals surface area contributed by atoms with E-state index in [-0.39, 0.29) is 0 Å². The Morgan fingerprint density at radius 2 is 1.67 bits per heavy atom. The highest BCUT2D eigenvalue weighted by atomic mass is 32.1. The van der Waals surface area contributed by atoms with Gasteiger partial charge in [0, 0.05) is 11.3 Å². The SMILES string of the molecule is C1CCCC1.O=CCc1ccsc1C1CCCC1. The number of hydrogen-bond acceptors (Lipinski definition) is 2. The predicted molar refractivity (Wildman–Crippen MR) is 78.4 cm³/mol. The van der Waals surface area contributed by atoms with Gasteiger partial charge in [0.1, 0.15) is 6.29 Å². The summed E-state index contributed by atoms with van der Waals surface area (Å²) in [6.45, 7) is 0. The van der Waals surface area contributed by atoms with Crippen molar-refractivity contribution in [1.29, 1.82) is 0 Å². The van der Waals surface area contributed by atoms with Gasteiger partial charge in [-0.2, -0.15) is 0 Å². The predicted octanol–water partition coefficient (Wildman–Crippen LogP) is 5.10. The lowest BCUT2D eigenvalue weighted by atomic mass is 10.0. The Labute approximate surface area is 115 Å². The van der Waals surface area contributed by atoms with Crippen molar-refractivity contribution in [1.82, 2.24) is 0 Å². The first kappa shape index (κ1) is 13.8. The minimum absolute atomic E-state index is 0.606. The van der Waals surface area contributed by atoms with Crippen molar-refractivity contribution in [3.63, 3.8) is 0 Å². The Hall–Kier alpha value is -0.630. The Morgan fingerprint density at radius 3 is 2.22 bits per heavy atom. The number of thiophene rings is 1. The maximum absolute atomic E-state index is 10.4. The molecule has 0 amide bonds. The maximum Gasteiger partial charge on any atom is 0.124 e. The van der Waals surface area contributed by atoms with Gasteiger partial charge in [0.05, 0.1) is 0 Å². The van der Waals surface area contributed by atoms with Crippen molar-refractivity contribution in [2.24, 2.45) is 0 Å². The van der Waals surface area contributed by atoms with Crippen LogP contribution >= 0.6 is 11.3 Å². The van der Waals surface area contributed by atoms with Crippen LogP contribution in [0, 0.1) is 0 Å². The van der Waals surface area contributed by atoms with E-state index in [9.17, 15) is 4.79 Å². The molecule has 1 heterocycles. The van der Waals surface area contributed by atoms with Crippen molar-refractivity contribution in [2.45, 2.75) is 70.1 Å². The molecular formula is C16H24OS. The zero-order valence-corrected chi connectivity index (χ0v) is 12.0. The van der Waals surface area contributed by atoms with Crippen LogP contribution in [0.2, 0.25) is 0 Å². The second-order valence-electron chi connectivity index (χ2n) is 5.43. The van der Waals surface area contributed by atoms with Crippen molar-refractivity contribution < 1.29 is 4.79 Å². The molecule has 0 unspecified atom stereocenters. The first-order chi connectivity index (χ1) is 8.92. The van der Waals surface area contributed by atoms with Crippen LogP contribution in [-0.2, 0) is 11.2 Å². The molecule has 2 saturated carbocycles. The van der Waals surface area contributed by atoms with Crippen LogP contribution in [0.25, 0.3) is 0 Å². The summed E-state index contributed by atoms with van der Waals surface area (Å²) in [5.41, 5.74) is 1.27. The molecule has 0 aliphatic heterocycles. The molecule has 18 heavy (non-hydrogen) atoms. The van der Waals surface area contributed by atoms with Gasteiger partial charge in [0.2, 0.25) is 0 Å². The lowest BCUT2D eigenvalue weighted by Crippen LogP contribution is -1.94. The fourth-order valence-corrected chi connectivity index (χ4v) is 4.15. The monoisotopic (exact) mass is 264 g/mol. The molecule has 2 fully saturated rings. The van der Waals surface area contributed by atoms with Gasteiger partial charge >= 0.3 is 0 Å². The molecule has 1 aromatic heterocycles. The number of aldehydes is 1. The van der Waals surface area contributed by atoms with E-state index in [1.807, 2.05) is 11.3 Å². The van der Waals surface area contributed by atoms with Crippen LogP contribution in [0.1, 0.15) is 74.1 Å². The zero-order valence-electron chi connectivity index (χ0n) is 11.2. The molecule has 0 saturated heterocycles. The summed E-state index contributed by atoms with van der Waals surface area (Å²) in [5.74, 6) is 0.759. The molecule has 3 rings (SSSR count). The van der Waals surface area contributed by atoms with Crippen molar-refractivity contribution >= 4 is 17.6 Å². The molecule has 0 N–H and O–H groups in total. The minimum atomic E-state index is 0.606. The average molecular weight is 264 g/mol. The third-order valence-electron chi connectivity index (χ3n) is 4.06. The standard InChI is InChI=1S/C11H14OS.C5H10/c12-7-5-10-6-8-13-11(10)9-3-1-2-4-9;1-2-4-5-3-1/h6-9H,1-5H2;1-5H2. The van der Waals surface area contributed by atoms with Crippen molar-refractivity contribution in [2.75, 3.05) is 0 Å². The number of carbonyl (C=O) groups is 1. The van der Waals surface area contributed by atoms with Gasteiger partial charge in [-0.05, 0) is 35.8 Å². The summed E-state index contributed by atoms with van der Waals surface area (Å²) in [7, 11) is 0. The second-order valence-corrected chi connectivity index (χ2v) is 6.38. The summed E-state index contributed by atoms with van der Waals surface area (Å²) in [6, 6.07) is 2.10. The molecule has 100 valence electrons. The molecule has 2 aliphatic rings. The highest BCUT2D eigenvalue weighted by Crippen LogP contribution is 2.38. The van der Waals surface area contributed by atoms with Gasteiger partial charge < -0.3 is 4.79 Å². The van der Waals surface area contributed by atoms with Gasteiger partial charge in [-0.1, -0.05) is 44.9 Å². The lowest BCUT2D eigenvalue weighted by molar-refractivity contribution is -0.107. The van der Waals surface area contributed by atoms with Gasteiger partial charge in [0.25, 0.3) is 0 Å². The molecule has 2 heteroatoms. The van der Waals surface area contributed by atoms with E-state index >= 15 is 0 Å². The third kappa shape index (κ3) is 3.94. The first-order valence-electron chi connectivity index (χ1n) is 7.41. The lowest BCUT2D eigenvalue weighted by Gasteiger charge is -2.07. The largest absolute Gasteiger partial charge is 0.303 e. The van der Waals surface area contributed by atoms with E-state index in [2.05, 4.69) is 11.4 Å². The molecule has 0 radical (unpaired) electrons. The Morgan fingerprint density at radius 1 is 1.06 bits per heavy atom. The van der Waals surface area contributed by atoms with E-state index in [0.717, 1.165) is 12.2 Å². The van der Waals surface area contributed by atoms with Gasteiger partial charge in [-0.15, -0.1) is 11.3 Å². The van der Waals surface area contributed by atoms with Crippen molar-refractivity contribution in [3.05, 3.63) is 21.9 Å². The summed E-state index contributed by atoms with van der Waals surface area (Å²) in [6.07, 6.45) is 14.5. The van der Waals surface area contributed by atoms with Gasteiger partial charge in [-0.3, -0.25) is 0 Å². The third-order valence-corrected chi connectivity index (χ3v) is 5.18. The average Bonchev–Trinajstić information content (AvgIpc) is 3.14. The Balaban J connectivity index is 0.000000202. The molecule has 0 bridgehead atoms. The molecular weight excluding hydrogens is 240 g/mol. The highest BCUT2D eigenvalue weighted by Gasteiger charge is 2.20. The molecule has 2 aliphatic carbocycles. The van der Waals surface area contributed by atoms with Crippen molar-refractivity contribution in [3.8, 4) is 0 Å². The minimum Gasteiger partial charge on any atom is -0.303 e.